The number of carbonyl (C=O) groups excluding carboxylic acids is 2. The van der Waals surface area contributed by atoms with Crippen LogP contribution in [0.3, 0.4) is 0 Å². The molecule has 13 nitrogen and oxygen atoms in total. The molecule has 2 rings (SSSR count). The Labute approximate surface area is 237 Å². The standard InChI is InChI=1S/C22H33ClF2N3O10PS/c1-11(2)37-17(31)12(3)27-39(34,35-7-8-40-19(32)21(4,5)6)36-10-14-15(29)22(23,25)18(38-14)28-9-13(24)16(30)26-20(28)33/h9,11-12,14-15,18,29H,7-8,10H2,1-6H3,(H,27,34)(H,26,30,33)/t12-,14-,15-,18-,22+,39-/m1/s1. The van der Waals surface area contributed by atoms with Gasteiger partial charge in [0, 0.05) is 11.2 Å². The second-order valence-electron chi connectivity index (χ2n) is 10.1. The van der Waals surface area contributed by atoms with Crippen molar-refractivity contribution in [1.82, 2.24) is 14.6 Å². The quantitative estimate of drug-likeness (QED) is 0.132. The fourth-order valence-corrected chi connectivity index (χ4v) is 5.84. The fraction of sp³-hybridized carbons (Fsp3) is 0.727. The van der Waals surface area contributed by atoms with E-state index in [9.17, 15) is 33.2 Å². The van der Waals surface area contributed by atoms with Crippen molar-refractivity contribution in [2.45, 2.75) is 77.3 Å². The van der Waals surface area contributed by atoms with Gasteiger partial charge in [0.25, 0.3) is 10.7 Å². The predicted molar refractivity (Wildman–Crippen MR) is 141 cm³/mol. The van der Waals surface area contributed by atoms with Crippen LogP contribution in [0.5, 0.6) is 0 Å². The molecule has 40 heavy (non-hydrogen) atoms. The van der Waals surface area contributed by atoms with Gasteiger partial charge in [0.15, 0.2) is 11.3 Å². The van der Waals surface area contributed by atoms with E-state index in [-0.39, 0.29) is 17.5 Å². The molecule has 2 heterocycles. The number of aromatic amines is 1. The lowest BCUT2D eigenvalue weighted by atomic mass is 10.00. The van der Waals surface area contributed by atoms with Crippen LogP contribution in [-0.4, -0.2) is 74.2 Å². The number of rotatable bonds is 12. The molecule has 0 amide bonds. The molecule has 18 heteroatoms. The number of esters is 1. The van der Waals surface area contributed by atoms with Gasteiger partial charge in [-0.2, -0.15) is 4.39 Å². The Morgan fingerprint density at radius 3 is 2.52 bits per heavy atom. The van der Waals surface area contributed by atoms with E-state index in [0.29, 0.717) is 10.8 Å². The molecule has 6 atom stereocenters. The molecule has 3 N–H and O–H groups in total. The molecule has 1 saturated heterocycles. The summed E-state index contributed by atoms with van der Waals surface area (Å²) in [4.78, 5) is 49.4. The topological polar surface area (TPSA) is 175 Å². The van der Waals surface area contributed by atoms with Gasteiger partial charge in [-0.15, -0.1) is 0 Å². The maximum Gasteiger partial charge on any atom is 0.406 e. The predicted octanol–water partition coefficient (Wildman–Crippen LogP) is 2.22. The van der Waals surface area contributed by atoms with Gasteiger partial charge in [-0.1, -0.05) is 44.1 Å². The number of aromatic nitrogens is 2. The highest BCUT2D eigenvalue weighted by Crippen LogP contribution is 2.48. The average molecular weight is 636 g/mol. The van der Waals surface area contributed by atoms with Crippen LogP contribution in [0.15, 0.2) is 15.8 Å². The Morgan fingerprint density at radius 2 is 1.95 bits per heavy atom. The number of hydrogen-bond acceptors (Lipinski definition) is 11. The second-order valence-corrected chi connectivity index (χ2v) is 13.6. The molecule has 1 aromatic heterocycles. The molecular formula is C22H33ClF2N3O10PS. The van der Waals surface area contributed by atoms with Crippen molar-refractivity contribution in [3.63, 3.8) is 0 Å². The SMILES string of the molecule is CC(C)OC(=O)[C@@H](C)N[P@@](=O)(OCCSC(=O)C(C)(C)C)OC[C@H]1O[C@@H](n2cc(F)c(=O)[nH]c2=O)[C@](F)(Cl)[C@@H]1O. The Morgan fingerprint density at radius 1 is 1.32 bits per heavy atom. The van der Waals surface area contributed by atoms with Crippen LogP contribution in [0.4, 0.5) is 8.78 Å². The molecule has 0 saturated carbocycles. The van der Waals surface area contributed by atoms with Crippen LogP contribution < -0.4 is 16.3 Å². The Balaban J connectivity index is 2.19. The molecule has 0 unspecified atom stereocenters. The fourth-order valence-electron chi connectivity index (χ4n) is 3.16. The number of thioether (sulfide) groups is 1. The van der Waals surface area contributed by atoms with Gasteiger partial charge in [0.2, 0.25) is 5.82 Å². The van der Waals surface area contributed by atoms with E-state index in [4.69, 9.17) is 30.1 Å². The van der Waals surface area contributed by atoms with E-state index < -0.39 is 78.5 Å². The summed E-state index contributed by atoms with van der Waals surface area (Å²) in [7, 11) is -4.42. The first kappa shape index (κ1) is 34.6. The lowest BCUT2D eigenvalue weighted by molar-refractivity contribution is -0.149. The monoisotopic (exact) mass is 635 g/mol. The summed E-state index contributed by atoms with van der Waals surface area (Å²) in [6, 6.07) is -1.21. The van der Waals surface area contributed by atoms with E-state index in [2.05, 4.69) is 5.09 Å². The second kappa shape index (κ2) is 13.6. The summed E-state index contributed by atoms with van der Waals surface area (Å²) in [5.41, 5.74) is -3.28. The Kier molecular flexibility index (Phi) is 11.7. The van der Waals surface area contributed by atoms with E-state index >= 15 is 4.39 Å². The Bertz CT molecular complexity index is 1240. The summed E-state index contributed by atoms with van der Waals surface area (Å²) in [6.07, 6.45) is -6.13. The first-order chi connectivity index (χ1) is 18.3. The number of carbonyl (C=O) groups is 2. The number of H-pyrrole nitrogens is 1. The first-order valence-corrected chi connectivity index (χ1v) is 15.0. The molecule has 0 radical (unpaired) electrons. The largest absolute Gasteiger partial charge is 0.462 e. The van der Waals surface area contributed by atoms with Crippen LogP contribution in [0.25, 0.3) is 0 Å². The molecule has 0 aliphatic carbocycles. The summed E-state index contributed by atoms with van der Waals surface area (Å²) in [6.45, 7) is 8.56. The molecule has 1 aromatic rings. The van der Waals surface area contributed by atoms with Gasteiger partial charge in [0.05, 0.1) is 25.5 Å². The smallest absolute Gasteiger partial charge is 0.406 e. The number of nitrogens with one attached hydrogen (secondary N) is 2. The maximum absolute atomic E-state index is 15.2. The van der Waals surface area contributed by atoms with Crippen molar-refractivity contribution in [3.8, 4) is 0 Å². The van der Waals surface area contributed by atoms with Crippen molar-refractivity contribution < 1.29 is 46.6 Å². The summed E-state index contributed by atoms with van der Waals surface area (Å²) >= 11 is 6.71. The molecule has 0 bridgehead atoms. The van der Waals surface area contributed by atoms with Gasteiger partial charge >= 0.3 is 19.4 Å². The number of ether oxygens (including phenoxy) is 2. The maximum atomic E-state index is 15.2. The summed E-state index contributed by atoms with van der Waals surface area (Å²) in [5, 5.41) is 9.43. The molecule has 1 aliphatic heterocycles. The highest BCUT2D eigenvalue weighted by atomic mass is 35.5. The summed E-state index contributed by atoms with van der Waals surface area (Å²) < 4.78 is 63.8. The molecule has 1 fully saturated rings. The minimum absolute atomic E-state index is 0.0660. The minimum Gasteiger partial charge on any atom is -0.462 e. The molecule has 0 spiro atoms. The number of aliphatic hydroxyl groups is 1. The van der Waals surface area contributed by atoms with Crippen LogP contribution in [0.1, 0.15) is 47.8 Å². The van der Waals surface area contributed by atoms with E-state index in [1.807, 2.05) is 0 Å². The third kappa shape index (κ3) is 8.92. The summed E-state index contributed by atoms with van der Waals surface area (Å²) in [5.74, 6) is -2.17. The zero-order chi connectivity index (χ0) is 30.6. The third-order valence-electron chi connectivity index (χ3n) is 5.21. The molecule has 0 aromatic carbocycles. The van der Waals surface area contributed by atoms with Crippen molar-refractivity contribution in [3.05, 3.63) is 32.9 Å². The van der Waals surface area contributed by atoms with Gasteiger partial charge in [0.1, 0.15) is 18.2 Å². The lowest BCUT2D eigenvalue weighted by Crippen LogP contribution is -2.42. The van der Waals surface area contributed by atoms with Crippen molar-refractivity contribution in [2.75, 3.05) is 19.0 Å². The lowest BCUT2D eigenvalue weighted by Gasteiger charge is -2.25. The van der Waals surface area contributed by atoms with Gasteiger partial charge in [-0.05, 0) is 20.8 Å². The van der Waals surface area contributed by atoms with E-state index in [0.717, 1.165) is 11.8 Å². The number of hydrogen-bond donors (Lipinski definition) is 3. The van der Waals surface area contributed by atoms with Gasteiger partial charge in [-0.25, -0.2) is 18.8 Å². The first-order valence-electron chi connectivity index (χ1n) is 12.1. The van der Waals surface area contributed by atoms with Crippen LogP contribution in [0.2, 0.25) is 0 Å². The van der Waals surface area contributed by atoms with E-state index in [1.54, 1.807) is 39.6 Å². The van der Waals surface area contributed by atoms with Crippen LogP contribution in [-0.2, 0) is 32.7 Å². The van der Waals surface area contributed by atoms with Crippen molar-refractivity contribution >= 4 is 42.2 Å². The Hall–Kier alpha value is -1.65. The average Bonchev–Trinajstić information content (AvgIpc) is 3.05. The number of alkyl halides is 2. The molecule has 228 valence electrons. The number of nitrogens with zero attached hydrogens (tertiary/aromatic N) is 1. The highest BCUT2D eigenvalue weighted by molar-refractivity contribution is 8.13. The third-order valence-corrected chi connectivity index (χ3v) is 8.58. The van der Waals surface area contributed by atoms with Crippen molar-refractivity contribution in [2.24, 2.45) is 5.41 Å². The highest BCUT2D eigenvalue weighted by Gasteiger charge is 2.58. The van der Waals surface area contributed by atoms with Crippen molar-refractivity contribution in [1.29, 1.82) is 0 Å². The number of halogens is 3. The molecular weight excluding hydrogens is 603 g/mol. The van der Waals surface area contributed by atoms with Gasteiger partial charge in [-0.3, -0.25) is 33.0 Å². The van der Waals surface area contributed by atoms with Crippen LogP contribution >= 0.6 is 31.1 Å². The van der Waals surface area contributed by atoms with E-state index in [1.165, 1.54) is 6.92 Å². The minimum atomic E-state index is -4.42. The van der Waals surface area contributed by atoms with Gasteiger partial charge < -0.3 is 14.6 Å². The molecule has 1 aliphatic rings. The zero-order valence-electron chi connectivity index (χ0n) is 22.6. The zero-order valence-corrected chi connectivity index (χ0v) is 25.1. The number of aliphatic hydroxyl groups excluding tert-OH is 1. The normalized spacial score (nSPS) is 25.5. The van der Waals surface area contributed by atoms with Crippen LogP contribution in [0, 0.1) is 11.2 Å².